The number of benzene rings is 2. The van der Waals surface area contributed by atoms with Crippen molar-refractivity contribution in [3.8, 4) is 0 Å². The van der Waals surface area contributed by atoms with Gasteiger partial charge in [0.05, 0.1) is 16.9 Å². The van der Waals surface area contributed by atoms with Crippen LogP contribution in [0.25, 0.3) is 27.4 Å². The summed E-state index contributed by atoms with van der Waals surface area (Å²) >= 11 is 0. The molecule has 0 aliphatic heterocycles. The number of hydrogen-bond acceptors (Lipinski definition) is 2. The fraction of sp³-hybridized carbons (Fsp3) is 0.200. The number of rotatable bonds is 4. The van der Waals surface area contributed by atoms with Gasteiger partial charge in [-0.3, -0.25) is 4.99 Å². The predicted molar refractivity (Wildman–Crippen MR) is 96.3 cm³/mol. The van der Waals surface area contributed by atoms with E-state index < -0.39 is 0 Å². The molecule has 2 heteroatoms. The van der Waals surface area contributed by atoms with Crippen LogP contribution in [0.2, 0.25) is 0 Å². The van der Waals surface area contributed by atoms with E-state index in [0.717, 1.165) is 35.1 Å². The van der Waals surface area contributed by atoms with Crippen LogP contribution in [0.5, 0.6) is 0 Å². The van der Waals surface area contributed by atoms with Crippen LogP contribution in [0.4, 0.5) is 0 Å². The van der Waals surface area contributed by atoms with Crippen molar-refractivity contribution < 1.29 is 0 Å². The maximum absolute atomic E-state index is 4.89. The molecule has 3 aromatic rings. The van der Waals surface area contributed by atoms with Crippen molar-refractivity contribution in [2.75, 3.05) is 0 Å². The van der Waals surface area contributed by atoms with Crippen molar-refractivity contribution in [3.05, 3.63) is 60.3 Å². The zero-order valence-electron chi connectivity index (χ0n) is 13.1. The standard InChI is InChI=1S/C20H20N2/c1-3-9-19(21-14-4-2)20-17-12-6-5-10-15(17)16-11-7-8-13-18(16)22-20/h5-14H,3-4H2,1-2H3/b19-9-,21-14-. The highest BCUT2D eigenvalue weighted by Gasteiger charge is 2.10. The molecular formula is C20H20N2. The van der Waals surface area contributed by atoms with Gasteiger partial charge in [0.1, 0.15) is 0 Å². The minimum atomic E-state index is 0.923. The predicted octanol–water partition coefficient (Wildman–Crippen LogP) is 5.62. The van der Waals surface area contributed by atoms with Gasteiger partial charge in [-0.05, 0) is 24.3 Å². The zero-order valence-corrected chi connectivity index (χ0v) is 13.1. The van der Waals surface area contributed by atoms with Crippen LogP contribution in [0, 0.1) is 0 Å². The Labute approximate surface area is 131 Å². The summed E-state index contributed by atoms with van der Waals surface area (Å²) in [6.07, 6.45) is 5.97. The Hall–Kier alpha value is -2.48. The zero-order chi connectivity index (χ0) is 15.4. The van der Waals surface area contributed by atoms with E-state index in [4.69, 9.17) is 4.98 Å². The normalized spacial score (nSPS) is 12.5. The van der Waals surface area contributed by atoms with Gasteiger partial charge in [0, 0.05) is 17.0 Å². The molecule has 2 aromatic carbocycles. The van der Waals surface area contributed by atoms with Crippen LogP contribution in [-0.4, -0.2) is 11.2 Å². The molecule has 0 bridgehead atoms. The van der Waals surface area contributed by atoms with Crippen LogP contribution < -0.4 is 0 Å². The number of fused-ring (bicyclic) bond motifs is 3. The molecule has 110 valence electrons. The first-order chi connectivity index (χ1) is 10.8. The van der Waals surface area contributed by atoms with Crippen molar-refractivity contribution >= 4 is 33.6 Å². The lowest BCUT2D eigenvalue weighted by atomic mass is 10.0. The van der Waals surface area contributed by atoms with Gasteiger partial charge < -0.3 is 0 Å². The molecule has 22 heavy (non-hydrogen) atoms. The number of aromatic nitrogens is 1. The quantitative estimate of drug-likeness (QED) is 0.452. The van der Waals surface area contributed by atoms with E-state index in [0.29, 0.717) is 0 Å². The first-order valence-corrected chi connectivity index (χ1v) is 7.85. The van der Waals surface area contributed by atoms with Crippen LogP contribution in [0.15, 0.2) is 59.6 Å². The Morgan fingerprint density at radius 3 is 2.32 bits per heavy atom. The largest absolute Gasteiger partial charge is 0.259 e. The molecule has 0 aliphatic carbocycles. The van der Waals surface area contributed by atoms with Gasteiger partial charge in [-0.2, -0.15) is 0 Å². The Morgan fingerprint density at radius 2 is 1.59 bits per heavy atom. The van der Waals surface area contributed by atoms with Gasteiger partial charge in [0.2, 0.25) is 0 Å². The Kier molecular flexibility index (Phi) is 4.29. The molecule has 0 saturated heterocycles. The molecule has 0 aliphatic rings. The fourth-order valence-corrected chi connectivity index (χ4v) is 2.69. The SMILES string of the molecule is CC/C=N\C(=C/CC)c1nc2ccccc2c2ccccc12. The second-order valence-electron chi connectivity index (χ2n) is 5.24. The van der Waals surface area contributed by atoms with E-state index in [1.807, 2.05) is 12.3 Å². The van der Waals surface area contributed by atoms with Crippen LogP contribution >= 0.6 is 0 Å². The lowest BCUT2D eigenvalue weighted by Gasteiger charge is -2.10. The number of aliphatic imine (C=N–C) groups is 1. The van der Waals surface area contributed by atoms with Crippen LogP contribution in [-0.2, 0) is 0 Å². The van der Waals surface area contributed by atoms with E-state index in [2.05, 4.69) is 67.4 Å². The Bertz CT molecular complexity index is 860. The van der Waals surface area contributed by atoms with E-state index in [1.54, 1.807) is 0 Å². The third-order valence-corrected chi connectivity index (χ3v) is 3.66. The average Bonchev–Trinajstić information content (AvgIpc) is 2.58. The van der Waals surface area contributed by atoms with Crippen LogP contribution in [0.1, 0.15) is 32.4 Å². The minimum absolute atomic E-state index is 0.923. The van der Waals surface area contributed by atoms with E-state index in [-0.39, 0.29) is 0 Å². The Morgan fingerprint density at radius 1 is 0.909 bits per heavy atom. The highest BCUT2D eigenvalue weighted by Crippen LogP contribution is 2.30. The van der Waals surface area contributed by atoms with Crippen molar-refractivity contribution in [2.24, 2.45) is 4.99 Å². The molecular weight excluding hydrogens is 268 g/mol. The maximum Gasteiger partial charge on any atom is 0.0968 e. The smallest absolute Gasteiger partial charge is 0.0968 e. The first kappa shape index (κ1) is 14.5. The van der Waals surface area contributed by atoms with Gasteiger partial charge in [-0.25, -0.2) is 4.98 Å². The molecule has 0 N–H and O–H groups in total. The third kappa shape index (κ3) is 2.64. The minimum Gasteiger partial charge on any atom is -0.259 e. The molecule has 1 heterocycles. The van der Waals surface area contributed by atoms with E-state index >= 15 is 0 Å². The molecule has 0 unspecified atom stereocenters. The summed E-state index contributed by atoms with van der Waals surface area (Å²) in [5, 5.41) is 3.59. The van der Waals surface area contributed by atoms with Crippen molar-refractivity contribution in [3.63, 3.8) is 0 Å². The second-order valence-corrected chi connectivity index (χ2v) is 5.24. The fourth-order valence-electron chi connectivity index (χ4n) is 2.69. The highest BCUT2D eigenvalue weighted by atomic mass is 14.8. The summed E-state index contributed by atoms with van der Waals surface area (Å²) in [5.74, 6) is 0. The van der Waals surface area contributed by atoms with E-state index in [9.17, 15) is 0 Å². The number of allylic oxidation sites excluding steroid dienone is 1. The monoisotopic (exact) mass is 288 g/mol. The lowest BCUT2D eigenvalue weighted by molar-refractivity contribution is 1.20. The summed E-state index contributed by atoms with van der Waals surface area (Å²) < 4.78 is 0. The molecule has 0 fully saturated rings. The molecule has 0 saturated carbocycles. The summed E-state index contributed by atoms with van der Waals surface area (Å²) in [6, 6.07) is 16.7. The molecule has 0 radical (unpaired) electrons. The third-order valence-electron chi connectivity index (χ3n) is 3.66. The second kappa shape index (κ2) is 6.52. The van der Waals surface area contributed by atoms with Gasteiger partial charge >= 0.3 is 0 Å². The summed E-state index contributed by atoms with van der Waals surface area (Å²) in [7, 11) is 0. The molecule has 0 atom stereocenters. The summed E-state index contributed by atoms with van der Waals surface area (Å²) in [5.41, 5.74) is 2.96. The van der Waals surface area contributed by atoms with Crippen LogP contribution in [0.3, 0.4) is 0 Å². The maximum atomic E-state index is 4.89. The van der Waals surface area contributed by atoms with Gasteiger partial charge in [-0.1, -0.05) is 62.4 Å². The summed E-state index contributed by atoms with van der Waals surface area (Å²) in [6.45, 7) is 4.23. The lowest BCUT2D eigenvalue weighted by Crippen LogP contribution is -1.93. The van der Waals surface area contributed by atoms with E-state index in [1.165, 1.54) is 10.8 Å². The Balaban J connectivity index is 2.35. The topological polar surface area (TPSA) is 25.2 Å². The number of pyridine rings is 1. The highest BCUT2D eigenvalue weighted by molar-refractivity contribution is 6.09. The van der Waals surface area contributed by atoms with Crippen molar-refractivity contribution in [1.82, 2.24) is 4.98 Å². The first-order valence-electron chi connectivity index (χ1n) is 7.85. The molecule has 1 aromatic heterocycles. The van der Waals surface area contributed by atoms with Gasteiger partial charge in [-0.15, -0.1) is 0 Å². The number of para-hydroxylation sites is 1. The molecule has 0 amide bonds. The number of nitrogens with zero attached hydrogens (tertiary/aromatic N) is 2. The van der Waals surface area contributed by atoms with Gasteiger partial charge in [0.15, 0.2) is 0 Å². The van der Waals surface area contributed by atoms with Crippen molar-refractivity contribution in [1.29, 1.82) is 0 Å². The van der Waals surface area contributed by atoms with Crippen molar-refractivity contribution in [2.45, 2.75) is 26.7 Å². The molecule has 3 rings (SSSR count). The van der Waals surface area contributed by atoms with Gasteiger partial charge in [0.25, 0.3) is 0 Å². The summed E-state index contributed by atoms with van der Waals surface area (Å²) in [4.78, 5) is 9.53. The molecule has 2 nitrogen and oxygen atoms in total. The average molecular weight is 288 g/mol. The molecule has 0 spiro atoms. The number of hydrogen-bond donors (Lipinski definition) is 0.